The third-order valence-electron chi connectivity index (χ3n) is 1.23. The minimum absolute atomic E-state index is 0.0804. The van der Waals surface area contributed by atoms with Crippen LogP contribution < -0.4 is 5.32 Å². The minimum Gasteiger partial charge on any atom is -0.346 e. The van der Waals surface area contributed by atoms with Crippen molar-refractivity contribution >= 4 is 32.9 Å². The van der Waals surface area contributed by atoms with Gasteiger partial charge in [0.15, 0.2) is 0 Å². The first kappa shape index (κ1) is 7.41. The predicted octanol–water partition coefficient (Wildman–Crippen LogP) is 1.60. The van der Waals surface area contributed by atoms with E-state index < -0.39 is 0 Å². The summed E-state index contributed by atoms with van der Waals surface area (Å²) in [6.45, 7) is 2.84. The number of halogens is 1. The van der Waals surface area contributed by atoms with Gasteiger partial charge in [0.05, 0.1) is 0 Å². The molecule has 1 N–H and O–H groups in total. The third-order valence-corrected chi connectivity index (χ3v) is 3.95. The lowest BCUT2D eigenvalue weighted by Gasteiger charge is -2.14. The molecule has 1 heterocycles. The van der Waals surface area contributed by atoms with Gasteiger partial charge >= 0.3 is 0 Å². The van der Waals surface area contributed by atoms with Crippen molar-refractivity contribution in [2.24, 2.45) is 0 Å². The number of rotatable bonds is 1. The summed E-state index contributed by atoms with van der Waals surface area (Å²) in [7, 11) is 0. The molecule has 0 aliphatic carbocycles. The molecule has 1 aliphatic rings. The van der Waals surface area contributed by atoms with Crippen LogP contribution in [0.2, 0.25) is 0 Å². The minimum atomic E-state index is 0.0804. The number of amides is 1. The molecule has 2 nitrogen and oxygen atoms in total. The van der Waals surface area contributed by atoms with Gasteiger partial charge in [-0.1, -0.05) is 27.7 Å². The van der Waals surface area contributed by atoms with Crippen molar-refractivity contribution in [2.75, 3.05) is 11.9 Å². The van der Waals surface area contributed by atoms with E-state index in [0.717, 1.165) is 11.9 Å². The molecule has 1 unspecified atom stereocenters. The van der Waals surface area contributed by atoms with Gasteiger partial charge in [-0.15, -0.1) is 0 Å². The highest BCUT2D eigenvalue weighted by Crippen LogP contribution is 2.31. The zero-order valence-electron chi connectivity index (χ0n) is 5.11. The fourth-order valence-electron chi connectivity index (χ4n) is 0.630. The molecule has 9 heavy (non-hydrogen) atoms. The first-order valence-electron chi connectivity index (χ1n) is 2.69. The zero-order chi connectivity index (χ0) is 6.91. The topological polar surface area (TPSA) is 29.1 Å². The summed E-state index contributed by atoms with van der Waals surface area (Å²) in [5.41, 5.74) is 0. The van der Waals surface area contributed by atoms with Crippen LogP contribution in [0.3, 0.4) is 0 Å². The highest BCUT2D eigenvalue weighted by atomic mass is 79.9. The highest BCUT2D eigenvalue weighted by molar-refractivity contribution is 9.09. The van der Waals surface area contributed by atoms with Crippen LogP contribution in [0.1, 0.15) is 6.92 Å². The Morgan fingerprint density at radius 3 is 2.89 bits per heavy atom. The molecule has 0 aromatic rings. The van der Waals surface area contributed by atoms with Gasteiger partial charge in [0.25, 0.3) is 5.24 Å². The van der Waals surface area contributed by atoms with Crippen LogP contribution in [0.25, 0.3) is 0 Å². The van der Waals surface area contributed by atoms with Gasteiger partial charge in [-0.05, 0) is 6.92 Å². The highest BCUT2D eigenvalue weighted by Gasteiger charge is 2.33. The van der Waals surface area contributed by atoms with Gasteiger partial charge in [-0.2, -0.15) is 0 Å². The van der Waals surface area contributed by atoms with Crippen molar-refractivity contribution in [3.05, 3.63) is 0 Å². The number of carbonyl (C=O) groups is 1. The molecule has 0 aromatic carbocycles. The van der Waals surface area contributed by atoms with E-state index in [2.05, 4.69) is 28.2 Å². The van der Waals surface area contributed by atoms with E-state index in [1.165, 1.54) is 11.8 Å². The van der Waals surface area contributed by atoms with Crippen LogP contribution in [0.4, 0.5) is 4.79 Å². The van der Waals surface area contributed by atoms with Gasteiger partial charge in [0.1, 0.15) is 0 Å². The third kappa shape index (κ3) is 1.61. The number of hydrogen-bond acceptors (Lipinski definition) is 2. The van der Waals surface area contributed by atoms with Crippen LogP contribution in [-0.2, 0) is 0 Å². The van der Waals surface area contributed by atoms with Gasteiger partial charge in [0, 0.05) is 16.6 Å². The number of hydrogen-bond donors (Lipinski definition) is 1. The molecule has 4 heteroatoms. The molecule has 1 saturated heterocycles. The second-order valence-corrected chi connectivity index (χ2v) is 4.45. The molecule has 1 aliphatic heterocycles. The van der Waals surface area contributed by atoms with E-state index in [1.807, 2.05) is 0 Å². The normalized spacial score (nSPS) is 34.7. The van der Waals surface area contributed by atoms with Crippen molar-refractivity contribution < 1.29 is 4.79 Å². The second kappa shape index (κ2) is 2.50. The van der Waals surface area contributed by atoms with Gasteiger partial charge in [-0.25, -0.2) is 0 Å². The van der Waals surface area contributed by atoms with Crippen molar-refractivity contribution in [3.8, 4) is 0 Å². The Bertz CT molecular complexity index is 141. The molecule has 0 aromatic heterocycles. The quantitative estimate of drug-likeness (QED) is 0.666. The molecular formula is C5H8BrNOS. The summed E-state index contributed by atoms with van der Waals surface area (Å²) in [6, 6.07) is 0. The average molecular weight is 210 g/mol. The molecule has 0 spiro atoms. The van der Waals surface area contributed by atoms with E-state index in [4.69, 9.17) is 0 Å². The summed E-state index contributed by atoms with van der Waals surface area (Å²) in [4.78, 5) is 10.6. The SMILES string of the molecule is CC1(CBr)CNC(=O)S1. The number of carbonyl (C=O) groups excluding carboxylic acids is 1. The number of thioether (sulfide) groups is 1. The maximum atomic E-state index is 10.6. The Morgan fingerprint density at radius 1 is 2.00 bits per heavy atom. The van der Waals surface area contributed by atoms with E-state index in [9.17, 15) is 4.79 Å². The summed E-state index contributed by atoms with van der Waals surface area (Å²) in [6.07, 6.45) is 0. The number of alkyl halides is 1. The Kier molecular flexibility index (Phi) is 2.06. The fraction of sp³-hybridized carbons (Fsp3) is 0.800. The van der Waals surface area contributed by atoms with E-state index >= 15 is 0 Å². The molecule has 0 radical (unpaired) electrons. The fourth-order valence-corrected chi connectivity index (χ4v) is 1.96. The summed E-state index contributed by atoms with van der Waals surface area (Å²) >= 11 is 4.72. The average Bonchev–Trinajstić information content (AvgIpc) is 2.13. The first-order chi connectivity index (χ1) is 4.16. The first-order valence-corrected chi connectivity index (χ1v) is 4.63. The van der Waals surface area contributed by atoms with Crippen molar-refractivity contribution in [1.29, 1.82) is 0 Å². The summed E-state index contributed by atoms with van der Waals surface area (Å²) < 4.78 is 0.0804. The van der Waals surface area contributed by atoms with Gasteiger partial charge in [-0.3, -0.25) is 4.79 Å². The summed E-state index contributed by atoms with van der Waals surface area (Å²) in [5, 5.41) is 3.71. The number of nitrogens with one attached hydrogen (secondary N) is 1. The smallest absolute Gasteiger partial charge is 0.279 e. The lowest BCUT2D eigenvalue weighted by atomic mass is 10.2. The molecule has 0 saturated carbocycles. The molecule has 0 bridgehead atoms. The van der Waals surface area contributed by atoms with Crippen LogP contribution >= 0.6 is 27.7 Å². The van der Waals surface area contributed by atoms with Crippen LogP contribution in [0.15, 0.2) is 0 Å². The second-order valence-electron chi connectivity index (χ2n) is 2.33. The largest absolute Gasteiger partial charge is 0.346 e. The lowest BCUT2D eigenvalue weighted by molar-refractivity contribution is 0.262. The molecule has 1 rings (SSSR count). The molecule has 1 amide bonds. The van der Waals surface area contributed by atoms with E-state index in [0.29, 0.717) is 0 Å². The monoisotopic (exact) mass is 209 g/mol. The Hall–Kier alpha value is 0.300. The van der Waals surface area contributed by atoms with E-state index in [1.54, 1.807) is 0 Å². The molecule has 1 fully saturated rings. The van der Waals surface area contributed by atoms with Crippen LogP contribution in [0, 0.1) is 0 Å². The molecular weight excluding hydrogens is 202 g/mol. The lowest BCUT2D eigenvalue weighted by Crippen LogP contribution is -2.26. The standard InChI is InChI=1S/C5H8BrNOS/c1-5(2-6)3-7-4(8)9-5/h2-3H2,1H3,(H,7,8). The van der Waals surface area contributed by atoms with Gasteiger partial charge in [0.2, 0.25) is 0 Å². The maximum Gasteiger partial charge on any atom is 0.279 e. The Balaban J connectivity index is 2.54. The zero-order valence-corrected chi connectivity index (χ0v) is 7.51. The predicted molar refractivity (Wildman–Crippen MR) is 43.2 cm³/mol. The van der Waals surface area contributed by atoms with Crippen molar-refractivity contribution in [1.82, 2.24) is 5.32 Å². The molecule has 1 atom stereocenters. The Morgan fingerprint density at radius 2 is 2.67 bits per heavy atom. The van der Waals surface area contributed by atoms with Crippen molar-refractivity contribution in [2.45, 2.75) is 11.7 Å². The Labute approximate surface area is 66.9 Å². The maximum absolute atomic E-state index is 10.6. The van der Waals surface area contributed by atoms with Crippen LogP contribution in [0.5, 0.6) is 0 Å². The molecule has 52 valence electrons. The van der Waals surface area contributed by atoms with Crippen molar-refractivity contribution in [3.63, 3.8) is 0 Å². The summed E-state index contributed by atoms with van der Waals surface area (Å²) in [5.74, 6) is 0. The van der Waals surface area contributed by atoms with Gasteiger partial charge < -0.3 is 5.32 Å². The van der Waals surface area contributed by atoms with Crippen LogP contribution in [-0.4, -0.2) is 21.9 Å². The van der Waals surface area contributed by atoms with E-state index in [-0.39, 0.29) is 9.99 Å².